The summed E-state index contributed by atoms with van der Waals surface area (Å²) < 4.78 is 0. The molecule has 0 aromatic heterocycles. The average Bonchev–Trinajstić information content (AvgIpc) is 1.86. The highest BCUT2D eigenvalue weighted by atomic mass is 32.1. The zero-order valence-corrected chi connectivity index (χ0v) is 6.53. The van der Waals surface area contributed by atoms with Crippen LogP contribution < -0.4 is 11.1 Å². The highest BCUT2D eigenvalue weighted by Gasteiger charge is 2.02. The summed E-state index contributed by atoms with van der Waals surface area (Å²) in [4.78, 5) is 0. The van der Waals surface area contributed by atoms with Crippen LogP contribution in [0.1, 0.15) is 6.42 Å². The molecule has 10 heavy (non-hydrogen) atoms. The van der Waals surface area contributed by atoms with Crippen LogP contribution in [0.3, 0.4) is 0 Å². The van der Waals surface area contributed by atoms with Crippen LogP contribution in [-0.4, -0.2) is 22.9 Å². The van der Waals surface area contributed by atoms with Gasteiger partial charge in [-0.15, -0.1) is 6.58 Å². The molecule has 0 saturated carbocycles. The number of rotatable bonds is 4. The normalized spacial score (nSPS) is 12.1. The molecule has 0 aromatic carbocycles. The molecule has 0 bridgehead atoms. The van der Waals surface area contributed by atoms with Crippen molar-refractivity contribution in [3.8, 4) is 0 Å². The van der Waals surface area contributed by atoms with E-state index in [2.05, 4.69) is 24.1 Å². The van der Waals surface area contributed by atoms with Crippen molar-refractivity contribution in [2.24, 2.45) is 5.73 Å². The van der Waals surface area contributed by atoms with Crippen LogP contribution in [0.25, 0.3) is 0 Å². The number of nitrogens with two attached hydrogens (primary N) is 1. The molecule has 0 spiro atoms. The summed E-state index contributed by atoms with van der Waals surface area (Å²) >= 11 is 4.57. The first-order chi connectivity index (χ1) is 4.70. The van der Waals surface area contributed by atoms with E-state index < -0.39 is 0 Å². The van der Waals surface area contributed by atoms with Crippen LogP contribution in [0.2, 0.25) is 0 Å². The highest BCUT2D eigenvalue weighted by Crippen LogP contribution is 1.89. The minimum absolute atomic E-state index is 0.0172. The van der Waals surface area contributed by atoms with Gasteiger partial charge in [0.1, 0.15) is 0 Å². The molecule has 0 heterocycles. The Bertz CT molecular complexity index is 127. The summed E-state index contributed by atoms with van der Waals surface area (Å²) in [5.41, 5.74) is 5.17. The second-order valence-electron chi connectivity index (χ2n) is 1.91. The molecular formula is C6H12N2OS. The van der Waals surface area contributed by atoms with Crippen molar-refractivity contribution in [3.63, 3.8) is 0 Å². The van der Waals surface area contributed by atoms with Crippen molar-refractivity contribution in [2.75, 3.05) is 6.61 Å². The van der Waals surface area contributed by atoms with E-state index in [1.807, 2.05) is 0 Å². The molecule has 58 valence electrons. The second-order valence-corrected chi connectivity index (χ2v) is 2.35. The molecule has 3 nitrogen and oxygen atoms in total. The van der Waals surface area contributed by atoms with Crippen molar-refractivity contribution < 1.29 is 5.11 Å². The first-order valence-electron chi connectivity index (χ1n) is 2.98. The molecule has 1 atom stereocenters. The molecule has 1 unspecified atom stereocenters. The van der Waals surface area contributed by atoms with Crippen LogP contribution in [0, 0.1) is 0 Å². The third kappa shape index (κ3) is 4.29. The van der Waals surface area contributed by atoms with E-state index in [4.69, 9.17) is 10.8 Å². The SMILES string of the molecule is C=CCC(CO)NC(N)=S. The maximum atomic E-state index is 8.68. The van der Waals surface area contributed by atoms with Crippen molar-refractivity contribution in [3.05, 3.63) is 12.7 Å². The summed E-state index contributed by atoms with van der Waals surface area (Å²) in [5, 5.41) is 11.6. The van der Waals surface area contributed by atoms with Gasteiger partial charge in [0.15, 0.2) is 5.11 Å². The lowest BCUT2D eigenvalue weighted by Gasteiger charge is -2.12. The van der Waals surface area contributed by atoms with Gasteiger partial charge in [-0.25, -0.2) is 0 Å². The number of aliphatic hydroxyl groups is 1. The molecule has 0 radical (unpaired) electrons. The van der Waals surface area contributed by atoms with Crippen molar-refractivity contribution >= 4 is 17.3 Å². The predicted molar refractivity (Wildman–Crippen MR) is 45.6 cm³/mol. The molecule has 0 rings (SSSR count). The first-order valence-corrected chi connectivity index (χ1v) is 3.39. The van der Waals surface area contributed by atoms with E-state index in [0.29, 0.717) is 6.42 Å². The van der Waals surface area contributed by atoms with Gasteiger partial charge in [-0.05, 0) is 18.6 Å². The number of hydrogen-bond donors (Lipinski definition) is 3. The average molecular weight is 160 g/mol. The standard InChI is InChI=1S/C6H12N2OS/c1-2-3-5(4-9)8-6(7)10/h2,5,9H,1,3-4H2,(H3,7,8,10). The molecule has 4 N–H and O–H groups in total. The zero-order chi connectivity index (χ0) is 7.98. The van der Waals surface area contributed by atoms with E-state index in [-0.39, 0.29) is 17.8 Å². The monoisotopic (exact) mass is 160 g/mol. The quantitative estimate of drug-likeness (QED) is 0.392. The fourth-order valence-corrected chi connectivity index (χ4v) is 0.748. The Labute approximate surface area is 65.9 Å². The number of thiocarbonyl (C=S) groups is 1. The fourth-order valence-electron chi connectivity index (χ4n) is 0.581. The smallest absolute Gasteiger partial charge is 0.163 e. The lowest BCUT2D eigenvalue weighted by Crippen LogP contribution is -2.40. The third-order valence-electron chi connectivity index (χ3n) is 1.02. The van der Waals surface area contributed by atoms with Gasteiger partial charge in [0.05, 0.1) is 12.6 Å². The summed E-state index contributed by atoms with van der Waals surface area (Å²) in [6.07, 6.45) is 2.36. The summed E-state index contributed by atoms with van der Waals surface area (Å²) in [7, 11) is 0. The van der Waals surface area contributed by atoms with Crippen molar-refractivity contribution in [1.29, 1.82) is 0 Å². The summed E-state index contributed by atoms with van der Waals surface area (Å²) in [5.74, 6) is 0. The Morgan fingerprint density at radius 3 is 2.80 bits per heavy atom. The van der Waals surface area contributed by atoms with Gasteiger partial charge < -0.3 is 16.2 Å². The Morgan fingerprint density at radius 2 is 2.50 bits per heavy atom. The molecule has 0 aliphatic carbocycles. The highest BCUT2D eigenvalue weighted by molar-refractivity contribution is 7.80. The topological polar surface area (TPSA) is 58.3 Å². The number of hydrogen-bond acceptors (Lipinski definition) is 2. The van der Waals surface area contributed by atoms with E-state index >= 15 is 0 Å². The first kappa shape index (κ1) is 9.39. The lowest BCUT2D eigenvalue weighted by atomic mass is 10.2. The third-order valence-corrected chi connectivity index (χ3v) is 1.14. The molecular weight excluding hydrogens is 148 g/mol. The maximum absolute atomic E-state index is 8.68. The fraction of sp³-hybridized carbons (Fsp3) is 0.500. The van der Waals surface area contributed by atoms with Gasteiger partial charge in [-0.1, -0.05) is 6.08 Å². The Kier molecular flexibility index (Phi) is 4.88. The summed E-state index contributed by atoms with van der Waals surface area (Å²) in [6, 6.07) is -0.0880. The van der Waals surface area contributed by atoms with Crippen LogP contribution in [0.5, 0.6) is 0 Å². The largest absolute Gasteiger partial charge is 0.394 e. The van der Waals surface area contributed by atoms with Gasteiger partial charge in [-0.3, -0.25) is 0 Å². The Hall–Kier alpha value is -0.610. The molecule has 0 aromatic rings. The van der Waals surface area contributed by atoms with Gasteiger partial charge in [0.25, 0.3) is 0 Å². The van der Waals surface area contributed by atoms with Gasteiger partial charge in [0, 0.05) is 0 Å². The molecule has 0 saturated heterocycles. The van der Waals surface area contributed by atoms with Gasteiger partial charge in [0.2, 0.25) is 0 Å². The predicted octanol–water partition coefficient (Wildman–Crippen LogP) is -0.243. The minimum Gasteiger partial charge on any atom is -0.394 e. The second kappa shape index (κ2) is 5.20. The van der Waals surface area contributed by atoms with Crippen LogP contribution in [0.15, 0.2) is 12.7 Å². The zero-order valence-electron chi connectivity index (χ0n) is 5.71. The molecule has 0 aliphatic heterocycles. The van der Waals surface area contributed by atoms with E-state index in [9.17, 15) is 0 Å². The number of nitrogens with one attached hydrogen (secondary N) is 1. The molecule has 0 fully saturated rings. The van der Waals surface area contributed by atoms with Crippen molar-refractivity contribution in [1.82, 2.24) is 5.32 Å². The Balaban J connectivity index is 3.59. The Morgan fingerprint density at radius 1 is 1.90 bits per heavy atom. The van der Waals surface area contributed by atoms with E-state index in [1.165, 1.54) is 0 Å². The molecule has 4 heteroatoms. The van der Waals surface area contributed by atoms with Crippen LogP contribution in [-0.2, 0) is 0 Å². The van der Waals surface area contributed by atoms with Gasteiger partial charge >= 0.3 is 0 Å². The van der Waals surface area contributed by atoms with Crippen molar-refractivity contribution in [2.45, 2.75) is 12.5 Å². The maximum Gasteiger partial charge on any atom is 0.163 e. The number of aliphatic hydroxyl groups excluding tert-OH is 1. The summed E-state index contributed by atoms with van der Waals surface area (Å²) in [6.45, 7) is 3.54. The lowest BCUT2D eigenvalue weighted by molar-refractivity contribution is 0.256. The van der Waals surface area contributed by atoms with Gasteiger partial charge in [-0.2, -0.15) is 0 Å². The molecule has 0 amide bonds. The van der Waals surface area contributed by atoms with E-state index in [0.717, 1.165) is 0 Å². The molecule has 0 aliphatic rings. The van der Waals surface area contributed by atoms with Crippen LogP contribution in [0.4, 0.5) is 0 Å². The van der Waals surface area contributed by atoms with Crippen LogP contribution >= 0.6 is 12.2 Å². The van der Waals surface area contributed by atoms with E-state index in [1.54, 1.807) is 6.08 Å². The minimum atomic E-state index is -0.0880.